The molecule has 0 aliphatic carbocycles. The number of benzene rings is 4. The molecule has 2 heterocycles. The van der Waals surface area contributed by atoms with E-state index in [-0.39, 0.29) is 0 Å². The van der Waals surface area contributed by atoms with Gasteiger partial charge in [-0.15, -0.1) is 0 Å². The Bertz CT molecular complexity index is 2150. The van der Waals surface area contributed by atoms with Crippen LogP contribution >= 0.6 is 0 Å². The number of nitrogens with zero attached hydrogens (tertiary/aromatic N) is 4. The summed E-state index contributed by atoms with van der Waals surface area (Å²) in [6.07, 6.45) is 8.21. The molecular weight excluding hydrogens is 560 g/mol. The molecule has 46 heavy (non-hydrogen) atoms. The van der Waals surface area contributed by atoms with E-state index in [1.54, 1.807) is 0 Å². The number of rotatable bonds is 10. The lowest BCUT2D eigenvalue weighted by Gasteiger charge is -2.18. The van der Waals surface area contributed by atoms with Gasteiger partial charge in [0.15, 0.2) is 0 Å². The minimum atomic E-state index is 0.851. The van der Waals surface area contributed by atoms with Gasteiger partial charge in [-0.2, -0.15) is 0 Å². The minimum Gasteiger partial charge on any atom is -0.324 e. The van der Waals surface area contributed by atoms with Crippen molar-refractivity contribution in [1.29, 1.82) is 0 Å². The zero-order chi connectivity index (χ0) is 32.2. The van der Waals surface area contributed by atoms with Crippen molar-refractivity contribution in [2.24, 2.45) is 0 Å². The molecule has 228 valence electrons. The summed E-state index contributed by atoms with van der Waals surface area (Å²) in [7, 11) is 0. The van der Waals surface area contributed by atoms with Crippen molar-refractivity contribution < 1.29 is 0 Å². The van der Waals surface area contributed by atoms with E-state index in [0.29, 0.717) is 0 Å². The van der Waals surface area contributed by atoms with E-state index in [0.717, 1.165) is 91.4 Å². The summed E-state index contributed by atoms with van der Waals surface area (Å²) in [6.45, 7) is 18.7. The van der Waals surface area contributed by atoms with Gasteiger partial charge in [-0.1, -0.05) is 110 Å². The first-order valence-electron chi connectivity index (χ1n) is 16.0. The summed E-state index contributed by atoms with van der Waals surface area (Å²) in [5, 5.41) is 0. The van der Waals surface area contributed by atoms with Crippen LogP contribution in [0.3, 0.4) is 0 Å². The molecule has 0 N–H and O–H groups in total. The fourth-order valence-corrected chi connectivity index (χ4v) is 6.37. The maximum Gasteiger partial charge on any atom is 0.141 e. The Hall–Kier alpha value is -5.48. The van der Waals surface area contributed by atoms with Gasteiger partial charge in [0.1, 0.15) is 11.6 Å². The van der Waals surface area contributed by atoms with Gasteiger partial charge in [0.25, 0.3) is 0 Å². The second kappa shape index (κ2) is 13.3. The molecule has 0 saturated carbocycles. The third-order valence-corrected chi connectivity index (χ3v) is 8.43. The van der Waals surface area contributed by atoms with E-state index in [4.69, 9.17) is 9.97 Å². The number of allylic oxidation sites excluding steroid dienone is 8. The maximum absolute atomic E-state index is 4.97. The highest BCUT2D eigenvalue weighted by atomic mass is 15.1. The lowest BCUT2D eigenvalue weighted by atomic mass is 9.86. The summed E-state index contributed by atoms with van der Waals surface area (Å²) in [6, 6.07) is 34.1. The van der Waals surface area contributed by atoms with Gasteiger partial charge in [-0.3, -0.25) is 0 Å². The van der Waals surface area contributed by atoms with E-state index in [2.05, 4.69) is 153 Å². The number of para-hydroxylation sites is 4. The molecule has 0 radical (unpaired) electrons. The van der Waals surface area contributed by atoms with Crippen LogP contribution in [0, 0.1) is 0 Å². The molecule has 0 aliphatic rings. The van der Waals surface area contributed by atoms with Crippen LogP contribution in [0.5, 0.6) is 0 Å². The van der Waals surface area contributed by atoms with Crippen LogP contribution in [-0.4, -0.2) is 19.1 Å². The Kier molecular flexibility index (Phi) is 8.80. The van der Waals surface area contributed by atoms with Crippen molar-refractivity contribution >= 4 is 33.2 Å². The van der Waals surface area contributed by atoms with Crippen LogP contribution in [0.4, 0.5) is 0 Å². The number of imidazole rings is 2. The molecule has 4 aromatic carbocycles. The van der Waals surface area contributed by atoms with E-state index in [1.807, 2.05) is 18.2 Å². The van der Waals surface area contributed by atoms with Crippen molar-refractivity contribution in [3.8, 4) is 22.8 Å². The van der Waals surface area contributed by atoms with E-state index < -0.39 is 0 Å². The van der Waals surface area contributed by atoms with Crippen molar-refractivity contribution in [1.82, 2.24) is 19.1 Å². The van der Waals surface area contributed by atoms with Crippen LogP contribution in [0.25, 0.3) is 56.0 Å². The quantitative estimate of drug-likeness (QED) is 0.147. The highest BCUT2D eigenvalue weighted by Gasteiger charge is 2.18. The fourth-order valence-electron chi connectivity index (χ4n) is 6.37. The predicted octanol–water partition coefficient (Wildman–Crippen LogP) is 10.9. The zero-order valence-electron chi connectivity index (χ0n) is 27.2. The largest absolute Gasteiger partial charge is 0.324 e. The molecule has 0 amide bonds. The standard InChI is InChI=1S/C42H40N4/c1-7-15-34(30-21-25-32(26-22-30)41-43-36-17-11-13-19-38(36)45(41)9-3)40(29(5)6)35(16-8-2)31-23-27-33(28-24-31)42-44-37-18-12-14-20-39(37)46(42)10-4/h7-8,11-28H,1,5,9-10H2,2-4,6H3/b16-8-,34-15-,40-35-. The van der Waals surface area contributed by atoms with Crippen LogP contribution in [0.2, 0.25) is 0 Å². The van der Waals surface area contributed by atoms with Gasteiger partial charge < -0.3 is 9.13 Å². The minimum absolute atomic E-state index is 0.851. The normalized spacial score (nSPS) is 12.7. The van der Waals surface area contributed by atoms with E-state index in [1.165, 1.54) is 0 Å². The number of hydrogen-bond donors (Lipinski definition) is 0. The Balaban J connectivity index is 1.42. The Morgan fingerprint density at radius 2 is 1.17 bits per heavy atom. The molecule has 0 unspecified atom stereocenters. The molecule has 2 aromatic heterocycles. The van der Waals surface area contributed by atoms with E-state index >= 15 is 0 Å². The monoisotopic (exact) mass is 600 g/mol. The average molecular weight is 601 g/mol. The first kappa shape index (κ1) is 30.5. The Morgan fingerprint density at radius 1 is 0.696 bits per heavy atom. The topological polar surface area (TPSA) is 35.6 Å². The van der Waals surface area contributed by atoms with Gasteiger partial charge in [-0.05, 0) is 85.4 Å². The molecule has 4 heteroatoms. The molecule has 0 bridgehead atoms. The van der Waals surface area contributed by atoms with Gasteiger partial charge in [0.05, 0.1) is 22.1 Å². The van der Waals surface area contributed by atoms with Crippen LogP contribution in [-0.2, 0) is 13.1 Å². The number of aryl methyl sites for hydroxylation is 2. The fraction of sp³-hybridized carbons (Fsp3) is 0.143. The molecule has 4 nitrogen and oxygen atoms in total. The average Bonchev–Trinajstić information content (AvgIpc) is 3.66. The molecule has 6 aromatic rings. The molecule has 0 atom stereocenters. The third kappa shape index (κ3) is 5.59. The molecule has 0 fully saturated rings. The lowest BCUT2D eigenvalue weighted by molar-refractivity contribution is 0.796. The summed E-state index contributed by atoms with van der Waals surface area (Å²) in [5.41, 5.74) is 13.0. The Labute approximate surface area is 272 Å². The number of fused-ring (bicyclic) bond motifs is 2. The summed E-state index contributed by atoms with van der Waals surface area (Å²) < 4.78 is 4.55. The first-order valence-corrected chi connectivity index (χ1v) is 16.0. The smallest absolute Gasteiger partial charge is 0.141 e. The SMILES string of the molecule is C=C\C=C(/C(C(=C)C)=C(/C=C\C)c1ccc(-c2nc3ccccc3n2CC)cc1)c1ccc(-c2nc3ccccc3n2CC)cc1. The van der Waals surface area contributed by atoms with Crippen molar-refractivity contribution in [3.05, 3.63) is 157 Å². The van der Waals surface area contributed by atoms with Gasteiger partial charge >= 0.3 is 0 Å². The molecule has 6 rings (SSSR count). The van der Waals surface area contributed by atoms with Crippen molar-refractivity contribution in [3.63, 3.8) is 0 Å². The van der Waals surface area contributed by atoms with Crippen LogP contribution < -0.4 is 0 Å². The van der Waals surface area contributed by atoms with Gasteiger partial charge in [-0.25, -0.2) is 9.97 Å². The van der Waals surface area contributed by atoms with E-state index in [9.17, 15) is 0 Å². The summed E-state index contributed by atoms with van der Waals surface area (Å²) >= 11 is 0. The summed E-state index contributed by atoms with van der Waals surface area (Å²) in [5.74, 6) is 1.96. The highest BCUT2D eigenvalue weighted by Crippen LogP contribution is 2.37. The maximum atomic E-state index is 4.97. The predicted molar refractivity (Wildman–Crippen MR) is 196 cm³/mol. The zero-order valence-corrected chi connectivity index (χ0v) is 27.2. The van der Waals surface area contributed by atoms with Crippen LogP contribution in [0.1, 0.15) is 38.8 Å². The molecule has 0 aliphatic heterocycles. The summed E-state index contributed by atoms with van der Waals surface area (Å²) in [4.78, 5) is 9.93. The Morgan fingerprint density at radius 3 is 1.61 bits per heavy atom. The first-order chi connectivity index (χ1) is 22.5. The molecular formula is C42H40N4. The number of aromatic nitrogens is 4. The lowest BCUT2D eigenvalue weighted by Crippen LogP contribution is -1.99. The molecule has 0 spiro atoms. The number of hydrogen-bond acceptors (Lipinski definition) is 2. The molecule has 0 saturated heterocycles. The van der Waals surface area contributed by atoms with Crippen molar-refractivity contribution in [2.45, 2.75) is 40.8 Å². The van der Waals surface area contributed by atoms with Gasteiger partial charge in [0.2, 0.25) is 0 Å². The highest BCUT2D eigenvalue weighted by molar-refractivity contribution is 5.97. The second-order valence-electron chi connectivity index (χ2n) is 11.4. The van der Waals surface area contributed by atoms with Crippen molar-refractivity contribution in [2.75, 3.05) is 0 Å². The van der Waals surface area contributed by atoms with Crippen LogP contribution in [0.15, 0.2) is 146 Å². The second-order valence-corrected chi connectivity index (χ2v) is 11.4. The van der Waals surface area contributed by atoms with Gasteiger partial charge in [0, 0.05) is 24.2 Å². The third-order valence-electron chi connectivity index (χ3n) is 8.43.